The van der Waals surface area contributed by atoms with Gasteiger partial charge >= 0.3 is 0 Å². The fourth-order valence-corrected chi connectivity index (χ4v) is 4.18. The van der Waals surface area contributed by atoms with Gasteiger partial charge in [0.25, 0.3) is 5.91 Å². The van der Waals surface area contributed by atoms with Gasteiger partial charge in [-0.1, -0.05) is 32.9 Å². The first kappa shape index (κ1) is 24.7. The van der Waals surface area contributed by atoms with Gasteiger partial charge in [-0.15, -0.1) is 0 Å². The van der Waals surface area contributed by atoms with Crippen LogP contribution in [0.15, 0.2) is 60.9 Å². The zero-order valence-electron chi connectivity index (χ0n) is 21.0. The molecule has 0 aliphatic carbocycles. The third kappa shape index (κ3) is 6.57. The Labute approximate surface area is 207 Å². The smallest absolute Gasteiger partial charge is 0.259 e. The zero-order valence-corrected chi connectivity index (χ0v) is 21.0. The lowest BCUT2D eigenvalue weighted by Gasteiger charge is -2.20. The summed E-state index contributed by atoms with van der Waals surface area (Å²) < 4.78 is 6.07. The number of anilines is 2. The van der Waals surface area contributed by atoms with Crippen molar-refractivity contribution in [3.63, 3.8) is 0 Å². The van der Waals surface area contributed by atoms with Gasteiger partial charge < -0.3 is 20.7 Å². The molecule has 1 aliphatic rings. The molecule has 4 rings (SSSR count). The summed E-state index contributed by atoms with van der Waals surface area (Å²) in [5, 5.41) is 9.74. The number of benzene rings is 1. The van der Waals surface area contributed by atoms with Gasteiger partial charge in [-0.05, 0) is 73.2 Å². The Morgan fingerprint density at radius 3 is 2.66 bits per heavy atom. The molecule has 1 fully saturated rings. The minimum atomic E-state index is -0.208. The van der Waals surface area contributed by atoms with Gasteiger partial charge in [0.05, 0.1) is 5.56 Å². The molecular formula is C28H35N5O2. The van der Waals surface area contributed by atoms with E-state index in [1.165, 1.54) is 12.0 Å². The van der Waals surface area contributed by atoms with E-state index in [2.05, 4.69) is 53.6 Å². The van der Waals surface area contributed by atoms with Crippen LogP contribution in [-0.4, -0.2) is 34.6 Å². The van der Waals surface area contributed by atoms with Gasteiger partial charge in [0.15, 0.2) is 0 Å². The van der Waals surface area contributed by atoms with Crippen molar-refractivity contribution in [3.05, 3.63) is 77.6 Å². The molecule has 2 aromatic heterocycles. The molecule has 3 heterocycles. The van der Waals surface area contributed by atoms with Crippen molar-refractivity contribution in [2.24, 2.45) is 0 Å². The molecule has 1 saturated heterocycles. The van der Waals surface area contributed by atoms with Crippen molar-refractivity contribution in [1.82, 2.24) is 15.3 Å². The number of nitrogens with zero attached hydrogens (tertiary/aromatic N) is 2. The highest BCUT2D eigenvalue weighted by atomic mass is 16.5. The lowest BCUT2D eigenvalue weighted by Crippen LogP contribution is -2.36. The van der Waals surface area contributed by atoms with Crippen molar-refractivity contribution in [2.45, 2.75) is 64.6 Å². The predicted octanol–water partition coefficient (Wildman–Crippen LogP) is 5.16. The molecule has 184 valence electrons. The number of nitrogens with one attached hydrogen (secondary N) is 3. The maximum absolute atomic E-state index is 13.0. The van der Waals surface area contributed by atoms with E-state index < -0.39 is 0 Å². The van der Waals surface area contributed by atoms with Crippen molar-refractivity contribution >= 4 is 17.4 Å². The number of carbonyl (C=O) groups excluding carboxylic acids is 1. The van der Waals surface area contributed by atoms with Gasteiger partial charge in [0.2, 0.25) is 5.88 Å². The van der Waals surface area contributed by atoms with Crippen molar-refractivity contribution in [3.8, 4) is 5.88 Å². The monoisotopic (exact) mass is 473 g/mol. The van der Waals surface area contributed by atoms with E-state index in [1.807, 2.05) is 36.4 Å². The molecule has 0 radical (unpaired) electrons. The summed E-state index contributed by atoms with van der Waals surface area (Å²) in [4.78, 5) is 21.8. The van der Waals surface area contributed by atoms with Gasteiger partial charge in [-0.25, -0.2) is 9.97 Å². The summed E-state index contributed by atoms with van der Waals surface area (Å²) in [7, 11) is 0. The Bertz CT molecular complexity index is 1130. The maximum atomic E-state index is 13.0. The number of carbonyl (C=O) groups is 1. The molecule has 7 heteroatoms. The van der Waals surface area contributed by atoms with Crippen LogP contribution in [0.2, 0.25) is 0 Å². The number of hydrogen-bond donors (Lipinski definition) is 3. The van der Waals surface area contributed by atoms with Crippen LogP contribution in [0.3, 0.4) is 0 Å². The SMILES string of the molecule is C[C@@H](Oc1cc(CNc2ncccc2C(=O)Nc2ccc(C(C)(C)C)cc2)ccn1)C1CCCN1. The van der Waals surface area contributed by atoms with E-state index in [9.17, 15) is 4.79 Å². The molecule has 1 unspecified atom stereocenters. The van der Waals surface area contributed by atoms with Crippen LogP contribution < -0.4 is 20.7 Å². The Kier molecular flexibility index (Phi) is 7.66. The van der Waals surface area contributed by atoms with E-state index in [4.69, 9.17) is 4.74 Å². The molecule has 1 aliphatic heterocycles. The molecule has 0 bridgehead atoms. The fraction of sp³-hybridized carbons (Fsp3) is 0.393. The Morgan fingerprint density at radius 2 is 1.94 bits per heavy atom. The molecular weight excluding hydrogens is 438 g/mol. The Balaban J connectivity index is 1.39. The summed E-state index contributed by atoms with van der Waals surface area (Å²) >= 11 is 0. The van der Waals surface area contributed by atoms with E-state index in [-0.39, 0.29) is 17.4 Å². The standard InChI is InChI=1S/C28H35N5O2/c1-19(24-8-6-14-29-24)35-25-17-20(13-16-30-25)18-32-26-23(7-5-15-31-26)27(34)33-22-11-9-21(10-12-22)28(2,3)4/h5,7,9-13,15-17,19,24,29H,6,8,14,18H2,1-4H3,(H,31,32)(H,33,34)/t19-,24?/m1/s1. The summed E-state index contributed by atoms with van der Waals surface area (Å²) in [6, 6.07) is 15.7. The van der Waals surface area contributed by atoms with E-state index in [0.29, 0.717) is 29.8 Å². The van der Waals surface area contributed by atoms with Crippen LogP contribution >= 0.6 is 0 Å². The van der Waals surface area contributed by atoms with Crippen LogP contribution in [0.1, 0.15) is 62.0 Å². The van der Waals surface area contributed by atoms with Gasteiger partial charge in [-0.2, -0.15) is 0 Å². The molecule has 7 nitrogen and oxygen atoms in total. The highest BCUT2D eigenvalue weighted by Gasteiger charge is 2.22. The quantitative estimate of drug-likeness (QED) is 0.419. The molecule has 3 N–H and O–H groups in total. The number of amides is 1. The minimum Gasteiger partial charge on any atom is -0.473 e. The lowest BCUT2D eigenvalue weighted by molar-refractivity contribution is 0.102. The molecule has 1 amide bonds. The summed E-state index contributed by atoms with van der Waals surface area (Å²) in [5.74, 6) is 0.919. The van der Waals surface area contributed by atoms with E-state index in [1.54, 1.807) is 24.5 Å². The molecule has 0 spiro atoms. The number of aromatic nitrogens is 2. The topological polar surface area (TPSA) is 88.2 Å². The fourth-order valence-electron chi connectivity index (χ4n) is 4.18. The first-order chi connectivity index (χ1) is 16.8. The average molecular weight is 474 g/mol. The van der Waals surface area contributed by atoms with Crippen molar-refractivity contribution in [2.75, 3.05) is 17.2 Å². The van der Waals surface area contributed by atoms with E-state index >= 15 is 0 Å². The normalized spacial score (nSPS) is 16.5. The second-order valence-corrected chi connectivity index (χ2v) is 10.1. The second kappa shape index (κ2) is 10.9. The van der Waals surface area contributed by atoms with Crippen LogP contribution in [0.25, 0.3) is 0 Å². The third-order valence-electron chi connectivity index (χ3n) is 6.29. The molecule has 0 saturated carbocycles. The number of pyridine rings is 2. The van der Waals surface area contributed by atoms with Crippen LogP contribution in [-0.2, 0) is 12.0 Å². The van der Waals surface area contributed by atoms with Gasteiger partial charge in [0.1, 0.15) is 11.9 Å². The summed E-state index contributed by atoms with van der Waals surface area (Å²) in [5.41, 5.74) is 3.51. The molecule has 2 atom stereocenters. The second-order valence-electron chi connectivity index (χ2n) is 10.1. The predicted molar refractivity (Wildman–Crippen MR) is 140 cm³/mol. The number of rotatable bonds is 8. The van der Waals surface area contributed by atoms with Crippen LogP contribution in [0, 0.1) is 0 Å². The van der Waals surface area contributed by atoms with Crippen LogP contribution in [0.4, 0.5) is 11.5 Å². The summed E-state index contributed by atoms with van der Waals surface area (Å²) in [6.07, 6.45) is 5.77. The van der Waals surface area contributed by atoms with Gasteiger partial charge in [-0.3, -0.25) is 4.79 Å². The first-order valence-corrected chi connectivity index (χ1v) is 12.3. The Hall–Kier alpha value is -3.45. The molecule has 35 heavy (non-hydrogen) atoms. The first-order valence-electron chi connectivity index (χ1n) is 12.3. The van der Waals surface area contributed by atoms with Crippen LogP contribution in [0.5, 0.6) is 5.88 Å². The van der Waals surface area contributed by atoms with E-state index in [0.717, 1.165) is 24.2 Å². The Morgan fingerprint density at radius 1 is 1.14 bits per heavy atom. The van der Waals surface area contributed by atoms with Crippen molar-refractivity contribution in [1.29, 1.82) is 0 Å². The third-order valence-corrected chi connectivity index (χ3v) is 6.29. The van der Waals surface area contributed by atoms with Gasteiger partial charge in [0, 0.05) is 36.7 Å². The molecule has 1 aromatic carbocycles. The number of hydrogen-bond acceptors (Lipinski definition) is 6. The number of ether oxygens (including phenoxy) is 1. The highest BCUT2D eigenvalue weighted by Crippen LogP contribution is 2.24. The largest absolute Gasteiger partial charge is 0.473 e. The maximum Gasteiger partial charge on any atom is 0.259 e. The lowest BCUT2D eigenvalue weighted by atomic mass is 9.87. The zero-order chi connectivity index (χ0) is 24.8. The van der Waals surface area contributed by atoms with Crippen molar-refractivity contribution < 1.29 is 9.53 Å². The minimum absolute atomic E-state index is 0.0526. The average Bonchev–Trinajstić information content (AvgIpc) is 3.38. The highest BCUT2D eigenvalue weighted by molar-refractivity contribution is 6.07. The molecule has 3 aromatic rings. The summed E-state index contributed by atoms with van der Waals surface area (Å²) in [6.45, 7) is 10.1.